The molecule has 0 saturated carbocycles. The number of ether oxygens (including phenoxy) is 2. The van der Waals surface area contributed by atoms with E-state index in [1.54, 1.807) is 6.07 Å². The summed E-state index contributed by atoms with van der Waals surface area (Å²) >= 11 is 4.52. The average Bonchev–Trinajstić information content (AvgIpc) is 2.94. The van der Waals surface area contributed by atoms with Crippen LogP contribution in [0.1, 0.15) is 47.3 Å². The number of fused-ring (bicyclic) bond motifs is 1. The minimum Gasteiger partial charge on any atom is -0.493 e. The van der Waals surface area contributed by atoms with Gasteiger partial charge in [0.1, 0.15) is 11.5 Å². The summed E-state index contributed by atoms with van der Waals surface area (Å²) in [6.45, 7) is 11.5. The number of nitrogens with one attached hydrogen (secondary N) is 3. The maximum Gasteiger partial charge on any atom is 0.260 e. The minimum atomic E-state index is -0.122. The molecule has 4 aromatic rings. The third kappa shape index (κ3) is 9.67. The first-order valence-electron chi connectivity index (χ1n) is 13.5. The number of carbonyl (C=O) groups is 1. The Morgan fingerprint density at radius 2 is 1.59 bits per heavy atom. The molecule has 3 N–H and O–H groups in total. The topological polar surface area (TPSA) is 105 Å². The van der Waals surface area contributed by atoms with Gasteiger partial charge in [0.25, 0.3) is 5.56 Å². The highest BCUT2D eigenvalue weighted by Gasteiger charge is 2.09. The summed E-state index contributed by atoms with van der Waals surface area (Å²) in [5, 5.41) is 7.26. The van der Waals surface area contributed by atoms with Crippen molar-refractivity contribution in [3.8, 4) is 11.5 Å². The van der Waals surface area contributed by atoms with Crippen molar-refractivity contribution in [3.05, 3.63) is 88.3 Å². The number of benzene rings is 3. The van der Waals surface area contributed by atoms with Crippen molar-refractivity contribution in [2.24, 2.45) is 0 Å². The lowest BCUT2D eigenvalue weighted by Gasteiger charge is -2.14. The van der Waals surface area contributed by atoms with Crippen LogP contribution in [0.3, 0.4) is 0 Å². The Hall–Kier alpha value is -2.71. The van der Waals surface area contributed by atoms with Crippen LogP contribution < -0.4 is 25.7 Å². The third-order valence-corrected chi connectivity index (χ3v) is 7.29. The van der Waals surface area contributed by atoms with Gasteiger partial charge in [0.15, 0.2) is 6.29 Å². The molecular weight excluding hydrogens is 746 g/mol. The molecule has 0 aliphatic rings. The number of aryl methyl sites for hydroxylation is 2. The largest absolute Gasteiger partial charge is 0.493 e. The molecule has 0 radical (unpaired) electrons. The number of aldehydes is 1. The minimum absolute atomic E-state index is 0.122. The Kier molecular flexibility index (Phi) is 13.3. The van der Waals surface area contributed by atoms with E-state index >= 15 is 0 Å². The molecule has 0 atom stereocenters. The molecule has 3 aromatic carbocycles. The fourth-order valence-corrected chi connectivity index (χ4v) is 5.93. The van der Waals surface area contributed by atoms with Crippen LogP contribution in [-0.2, 0) is 6.54 Å². The fraction of sp³-hybridized carbons (Fsp3) is 0.323. The number of para-hydroxylation sites is 1. The van der Waals surface area contributed by atoms with E-state index in [0.717, 1.165) is 47.2 Å². The van der Waals surface area contributed by atoms with Crippen LogP contribution in [0.5, 0.6) is 11.5 Å². The molecule has 0 bridgehead atoms. The highest BCUT2D eigenvalue weighted by atomic mass is 127. The Morgan fingerprint density at radius 3 is 2.29 bits per heavy atom. The molecule has 218 valence electrons. The summed E-state index contributed by atoms with van der Waals surface area (Å²) in [7, 11) is 0. The summed E-state index contributed by atoms with van der Waals surface area (Å²) in [5.41, 5.74) is 4.56. The van der Waals surface area contributed by atoms with Crippen LogP contribution >= 0.6 is 45.2 Å². The summed E-state index contributed by atoms with van der Waals surface area (Å²) < 4.78 is 13.5. The first kappa shape index (κ1) is 32.8. The number of aromatic amines is 1. The van der Waals surface area contributed by atoms with E-state index in [9.17, 15) is 9.59 Å². The van der Waals surface area contributed by atoms with E-state index < -0.39 is 0 Å². The van der Waals surface area contributed by atoms with Gasteiger partial charge in [-0.25, -0.2) is 4.98 Å². The normalized spacial score (nSPS) is 10.6. The molecule has 8 nitrogen and oxygen atoms in total. The van der Waals surface area contributed by atoms with Crippen molar-refractivity contribution in [2.75, 3.05) is 31.6 Å². The van der Waals surface area contributed by atoms with Crippen molar-refractivity contribution in [2.45, 2.75) is 40.7 Å². The van der Waals surface area contributed by atoms with Gasteiger partial charge in [-0.1, -0.05) is 12.1 Å². The quantitative estimate of drug-likeness (QED) is 0.0842. The number of H-pyrrole nitrogens is 1. The Bertz CT molecular complexity index is 1520. The van der Waals surface area contributed by atoms with Crippen molar-refractivity contribution in [1.82, 2.24) is 15.3 Å². The van der Waals surface area contributed by atoms with E-state index in [4.69, 9.17) is 9.47 Å². The zero-order chi connectivity index (χ0) is 29.8. The molecule has 0 unspecified atom stereocenters. The Morgan fingerprint density at radius 1 is 0.927 bits per heavy atom. The molecule has 0 aliphatic carbocycles. The van der Waals surface area contributed by atoms with Crippen LogP contribution in [0.4, 0.5) is 5.95 Å². The number of nitrogens with zero attached hydrogens (tertiary/aromatic N) is 1. The van der Waals surface area contributed by atoms with Crippen molar-refractivity contribution >= 4 is 68.3 Å². The highest BCUT2D eigenvalue weighted by molar-refractivity contribution is 14.1. The summed E-state index contributed by atoms with van der Waals surface area (Å²) in [6.07, 6.45) is 1.74. The Labute approximate surface area is 268 Å². The molecule has 10 heteroatoms. The van der Waals surface area contributed by atoms with Crippen molar-refractivity contribution in [3.63, 3.8) is 0 Å². The van der Waals surface area contributed by atoms with Gasteiger partial charge in [-0.3, -0.25) is 14.6 Å². The molecule has 0 aliphatic heterocycles. The predicted molar refractivity (Wildman–Crippen MR) is 183 cm³/mol. The fourth-order valence-electron chi connectivity index (χ4n) is 4.28. The standard InChI is InChI=1S/C21H25IN4O2.C10H11IO2/c1-3-28-19-14(2)11-16(22)12-15(19)13-23-9-6-10-24-21-25-18-8-5-4-7-17(18)20(27)26-21;1-3-13-10-7(2)4-9(11)5-8(10)6-12/h4-5,7-8,11-12,23H,3,6,9-10,13H2,1-2H3,(H2,24,25,26,27);4-6H,3H2,1-2H3. The molecular formula is C31H36I2N4O4. The number of rotatable bonds is 12. The maximum absolute atomic E-state index is 12.1. The van der Waals surface area contributed by atoms with Gasteiger partial charge in [-0.05, 0) is 133 Å². The van der Waals surface area contributed by atoms with Gasteiger partial charge in [-0.15, -0.1) is 0 Å². The average molecular weight is 782 g/mol. The lowest BCUT2D eigenvalue weighted by atomic mass is 10.1. The first-order chi connectivity index (χ1) is 19.8. The molecule has 4 rings (SSSR count). The number of aromatic nitrogens is 2. The Balaban J connectivity index is 0.000000298. The van der Waals surface area contributed by atoms with E-state index in [1.807, 2.05) is 51.1 Å². The second kappa shape index (κ2) is 16.7. The number of carbonyl (C=O) groups excluding carboxylic acids is 1. The van der Waals surface area contributed by atoms with E-state index in [-0.39, 0.29) is 5.56 Å². The van der Waals surface area contributed by atoms with Crippen LogP contribution in [0.25, 0.3) is 10.9 Å². The third-order valence-electron chi connectivity index (χ3n) is 6.04. The molecule has 0 spiro atoms. The zero-order valence-corrected chi connectivity index (χ0v) is 28.1. The summed E-state index contributed by atoms with van der Waals surface area (Å²) in [6, 6.07) is 15.5. The van der Waals surface area contributed by atoms with E-state index in [1.165, 1.54) is 14.7 Å². The second-order valence-corrected chi connectivity index (χ2v) is 11.7. The monoisotopic (exact) mass is 782 g/mol. The van der Waals surface area contributed by atoms with Crippen LogP contribution in [-0.4, -0.2) is 42.6 Å². The highest BCUT2D eigenvalue weighted by Crippen LogP contribution is 2.27. The smallest absolute Gasteiger partial charge is 0.260 e. The molecule has 0 amide bonds. The number of hydrogen-bond donors (Lipinski definition) is 3. The molecule has 1 aromatic heterocycles. The van der Waals surface area contributed by atoms with Gasteiger partial charge in [-0.2, -0.15) is 0 Å². The summed E-state index contributed by atoms with van der Waals surface area (Å²) in [5.74, 6) is 2.19. The van der Waals surface area contributed by atoms with E-state index in [2.05, 4.69) is 84.8 Å². The van der Waals surface area contributed by atoms with Crippen molar-refractivity contribution < 1.29 is 14.3 Å². The molecule has 41 heavy (non-hydrogen) atoms. The van der Waals surface area contributed by atoms with Gasteiger partial charge in [0, 0.05) is 25.8 Å². The zero-order valence-electron chi connectivity index (χ0n) is 23.8. The maximum atomic E-state index is 12.1. The SMILES string of the molecule is CCOc1c(C)cc(I)cc1C=O.CCOc1c(C)cc(I)cc1CNCCCNc1nc2ccccc2c(=O)[nH]1. The lowest BCUT2D eigenvalue weighted by Crippen LogP contribution is -2.20. The molecule has 1 heterocycles. The van der Waals surface area contributed by atoms with E-state index in [0.29, 0.717) is 41.4 Å². The lowest BCUT2D eigenvalue weighted by molar-refractivity contribution is 0.111. The van der Waals surface area contributed by atoms with Crippen molar-refractivity contribution in [1.29, 1.82) is 0 Å². The molecule has 0 saturated heterocycles. The predicted octanol–water partition coefficient (Wildman–Crippen LogP) is 6.64. The number of anilines is 1. The number of halogens is 2. The first-order valence-corrected chi connectivity index (χ1v) is 15.7. The van der Waals surface area contributed by atoms with Gasteiger partial charge >= 0.3 is 0 Å². The van der Waals surface area contributed by atoms with Crippen LogP contribution in [0.2, 0.25) is 0 Å². The number of hydrogen-bond acceptors (Lipinski definition) is 7. The van der Waals surface area contributed by atoms with Crippen LogP contribution in [0, 0.1) is 21.0 Å². The van der Waals surface area contributed by atoms with Gasteiger partial charge in [0.2, 0.25) is 5.95 Å². The molecule has 0 fully saturated rings. The van der Waals surface area contributed by atoms with Gasteiger partial charge in [0.05, 0.1) is 29.7 Å². The van der Waals surface area contributed by atoms with Gasteiger partial charge < -0.3 is 20.1 Å². The summed E-state index contributed by atoms with van der Waals surface area (Å²) in [4.78, 5) is 30.0. The second-order valence-electron chi connectivity index (χ2n) is 9.22. The van der Waals surface area contributed by atoms with Crippen LogP contribution in [0.15, 0.2) is 53.3 Å².